The largest absolute Gasteiger partial charge is 0.271 e. The Bertz CT molecular complexity index is 619. The van der Waals surface area contributed by atoms with Gasteiger partial charge in [-0.25, -0.2) is 4.39 Å². The van der Waals surface area contributed by atoms with E-state index in [1.165, 1.54) is 6.07 Å². The Morgan fingerprint density at radius 2 is 1.80 bits per heavy atom. The molecule has 2 nitrogen and oxygen atoms in total. The number of halogens is 4. The van der Waals surface area contributed by atoms with E-state index < -0.39 is 5.82 Å². The SMILES string of the molecule is NNC(Cc1cccc(Cl)c1F)c1ccc(Cl)c(Cl)c1. The number of nitrogens with one attached hydrogen (secondary N) is 1. The quantitative estimate of drug-likeness (QED) is 0.637. The van der Waals surface area contributed by atoms with Gasteiger partial charge in [0.05, 0.1) is 21.1 Å². The average Bonchev–Trinajstić information content (AvgIpc) is 2.44. The molecule has 0 spiro atoms. The molecule has 0 heterocycles. The van der Waals surface area contributed by atoms with Crippen molar-refractivity contribution in [3.8, 4) is 0 Å². The third-order valence-corrected chi connectivity index (χ3v) is 4.03. The van der Waals surface area contributed by atoms with Crippen molar-refractivity contribution < 1.29 is 4.39 Å². The molecule has 1 unspecified atom stereocenters. The lowest BCUT2D eigenvalue weighted by atomic mass is 9.99. The van der Waals surface area contributed by atoms with Crippen LogP contribution in [0.5, 0.6) is 0 Å². The van der Waals surface area contributed by atoms with Crippen LogP contribution in [0.25, 0.3) is 0 Å². The normalized spacial score (nSPS) is 12.4. The van der Waals surface area contributed by atoms with Crippen molar-refractivity contribution in [2.75, 3.05) is 0 Å². The van der Waals surface area contributed by atoms with E-state index in [9.17, 15) is 4.39 Å². The van der Waals surface area contributed by atoms with Gasteiger partial charge in [0.15, 0.2) is 0 Å². The van der Waals surface area contributed by atoms with Gasteiger partial charge in [0.1, 0.15) is 5.82 Å². The highest BCUT2D eigenvalue weighted by molar-refractivity contribution is 6.42. The van der Waals surface area contributed by atoms with Gasteiger partial charge < -0.3 is 0 Å². The lowest BCUT2D eigenvalue weighted by molar-refractivity contribution is 0.529. The van der Waals surface area contributed by atoms with Crippen molar-refractivity contribution in [1.82, 2.24) is 5.43 Å². The van der Waals surface area contributed by atoms with Gasteiger partial charge in [-0.3, -0.25) is 11.3 Å². The van der Waals surface area contributed by atoms with Crippen molar-refractivity contribution in [3.05, 3.63) is 68.4 Å². The fourth-order valence-electron chi connectivity index (χ4n) is 1.93. The standard InChI is InChI=1S/C14H12Cl3FN2/c15-10-5-4-8(6-12(10)17)13(20-19)7-9-2-1-3-11(16)14(9)18/h1-6,13,20H,7,19H2. The lowest BCUT2D eigenvalue weighted by Gasteiger charge is -2.17. The molecule has 0 saturated carbocycles. The van der Waals surface area contributed by atoms with Gasteiger partial charge in [-0.15, -0.1) is 0 Å². The maximum atomic E-state index is 13.9. The zero-order chi connectivity index (χ0) is 14.7. The van der Waals surface area contributed by atoms with Crippen LogP contribution in [0.2, 0.25) is 15.1 Å². The zero-order valence-electron chi connectivity index (χ0n) is 10.3. The van der Waals surface area contributed by atoms with Gasteiger partial charge in [-0.2, -0.15) is 0 Å². The first-order chi connectivity index (χ1) is 9.52. The molecule has 2 aromatic rings. The van der Waals surface area contributed by atoms with Crippen molar-refractivity contribution in [1.29, 1.82) is 0 Å². The Morgan fingerprint density at radius 3 is 2.45 bits per heavy atom. The molecule has 0 radical (unpaired) electrons. The van der Waals surface area contributed by atoms with E-state index in [0.29, 0.717) is 22.0 Å². The first kappa shape index (κ1) is 15.5. The Balaban J connectivity index is 2.28. The number of hydrogen-bond donors (Lipinski definition) is 2. The van der Waals surface area contributed by atoms with Gasteiger partial charge in [0.2, 0.25) is 0 Å². The minimum absolute atomic E-state index is 0.0902. The van der Waals surface area contributed by atoms with Crippen LogP contribution in [0.1, 0.15) is 17.2 Å². The summed E-state index contributed by atoms with van der Waals surface area (Å²) in [6.45, 7) is 0. The van der Waals surface area contributed by atoms with Crippen molar-refractivity contribution in [2.45, 2.75) is 12.5 Å². The number of nitrogens with two attached hydrogens (primary N) is 1. The van der Waals surface area contributed by atoms with Gasteiger partial charge in [-0.1, -0.05) is 53.0 Å². The maximum Gasteiger partial charge on any atom is 0.145 e. The van der Waals surface area contributed by atoms with Crippen molar-refractivity contribution >= 4 is 34.8 Å². The summed E-state index contributed by atoms with van der Waals surface area (Å²) < 4.78 is 13.9. The Kier molecular flexibility index (Phi) is 5.24. The molecule has 1 atom stereocenters. The maximum absolute atomic E-state index is 13.9. The minimum atomic E-state index is -0.436. The third kappa shape index (κ3) is 3.43. The van der Waals surface area contributed by atoms with Crippen LogP contribution in [0, 0.1) is 5.82 Å². The van der Waals surface area contributed by atoms with Gasteiger partial charge in [0.25, 0.3) is 0 Å². The second-order valence-corrected chi connectivity index (χ2v) is 5.53. The van der Waals surface area contributed by atoms with Gasteiger partial charge in [-0.05, 0) is 35.7 Å². The van der Waals surface area contributed by atoms with E-state index in [1.54, 1.807) is 30.3 Å². The molecule has 0 amide bonds. The molecule has 0 aromatic heterocycles. The fraction of sp³-hybridized carbons (Fsp3) is 0.143. The van der Waals surface area contributed by atoms with E-state index in [-0.39, 0.29) is 11.1 Å². The molecule has 0 aliphatic heterocycles. The molecule has 20 heavy (non-hydrogen) atoms. The van der Waals surface area contributed by atoms with E-state index in [2.05, 4.69) is 5.43 Å². The number of hydrogen-bond acceptors (Lipinski definition) is 2. The monoisotopic (exact) mass is 332 g/mol. The van der Waals surface area contributed by atoms with Gasteiger partial charge >= 0.3 is 0 Å². The smallest absolute Gasteiger partial charge is 0.145 e. The molecule has 0 aliphatic carbocycles. The molecular weight excluding hydrogens is 322 g/mol. The summed E-state index contributed by atoms with van der Waals surface area (Å²) in [6, 6.07) is 9.75. The lowest BCUT2D eigenvalue weighted by Crippen LogP contribution is -2.29. The predicted molar refractivity (Wildman–Crippen MR) is 81.6 cm³/mol. The average molecular weight is 334 g/mol. The van der Waals surface area contributed by atoms with Crippen LogP contribution >= 0.6 is 34.8 Å². The molecule has 2 rings (SSSR count). The van der Waals surface area contributed by atoms with Crippen molar-refractivity contribution in [2.24, 2.45) is 5.84 Å². The summed E-state index contributed by atoms with van der Waals surface area (Å²) in [7, 11) is 0. The van der Waals surface area contributed by atoms with Crippen LogP contribution < -0.4 is 11.3 Å². The summed E-state index contributed by atoms with van der Waals surface area (Å²) in [5.74, 6) is 5.11. The Hall–Kier alpha value is -0.840. The minimum Gasteiger partial charge on any atom is -0.271 e. The highest BCUT2D eigenvalue weighted by Crippen LogP contribution is 2.28. The second kappa shape index (κ2) is 6.74. The predicted octanol–water partition coefficient (Wildman–Crippen LogP) is 4.53. The first-order valence-electron chi connectivity index (χ1n) is 5.87. The first-order valence-corrected chi connectivity index (χ1v) is 7.00. The summed E-state index contributed by atoms with van der Waals surface area (Å²) in [5, 5.41) is 0.975. The molecule has 2 aromatic carbocycles. The van der Waals surface area contributed by atoms with Crippen LogP contribution in [0.15, 0.2) is 36.4 Å². The molecule has 3 N–H and O–H groups in total. The number of benzene rings is 2. The van der Waals surface area contributed by atoms with Crippen LogP contribution in [-0.4, -0.2) is 0 Å². The topological polar surface area (TPSA) is 38.0 Å². The molecule has 6 heteroatoms. The third-order valence-electron chi connectivity index (χ3n) is 3.00. The summed E-state index contributed by atoms with van der Waals surface area (Å²) >= 11 is 17.6. The highest BCUT2D eigenvalue weighted by Gasteiger charge is 2.15. The van der Waals surface area contributed by atoms with E-state index in [4.69, 9.17) is 40.6 Å². The van der Waals surface area contributed by atoms with Crippen molar-refractivity contribution in [3.63, 3.8) is 0 Å². The Labute approximate surface area is 131 Å². The Morgan fingerprint density at radius 1 is 1.05 bits per heavy atom. The summed E-state index contributed by atoms with van der Waals surface area (Å²) in [5.41, 5.74) is 3.95. The zero-order valence-corrected chi connectivity index (χ0v) is 12.6. The molecule has 0 aliphatic rings. The van der Waals surface area contributed by atoms with E-state index in [1.807, 2.05) is 0 Å². The summed E-state index contributed by atoms with van der Waals surface area (Å²) in [6.07, 6.45) is 0.348. The number of hydrazine groups is 1. The molecule has 0 saturated heterocycles. The van der Waals surface area contributed by atoms with Crippen LogP contribution in [0.4, 0.5) is 4.39 Å². The van der Waals surface area contributed by atoms with Gasteiger partial charge in [0, 0.05) is 0 Å². The molecule has 0 bridgehead atoms. The fourth-order valence-corrected chi connectivity index (χ4v) is 2.43. The van der Waals surface area contributed by atoms with E-state index >= 15 is 0 Å². The van der Waals surface area contributed by atoms with Crippen LogP contribution in [-0.2, 0) is 6.42 Å². The summed E-state index contributed by atoms with van der Waals surface area (Å²) in [4.78, 5) is 0. The van der Waals surface area contributed by atoms with E-state index in [0.717, 1.165) is 5.56 Å². The highest BCUT2D eigenvalue weighted by atomic mass is 35.5. The second-order valence-electron chi connectivity index (χ2n) is 4.31. The number of rotatable bonds is 4. The molecule has 0 fully saturated rings. The molecule has 106 valence electrons. The van der Waals surface area contributed by atoms with Crippen LogP contribution in [0.3, 0.4) is 0 Å². The molecular formula is C14H12Cl3FN2.